The van der Waals surface area contributed by atoms with Gasteiger partial charge < -0.3 is 33.8 Å². The molecule has 0 heterocycles. The van der Waals surface area contributed by atoms with E-state index in [4.69, 9.17) is 37.0 Å². The van der Waals surface area contributed by atoms with Crippen LogP contribution in [0.4, 0.5) is 0 Å². The summed E-state index contributed by atoms with van der Waals surface area (Å²) in [6.07, 6.45) is 57.3. The largest absolute Gasteiger partial charge is 0.472 e. The molecule has 19 heteroatoms. The summed E-state index contributed by atoms with van der Waals surface area (Å²) >= 11 is 0. The first-order valence-electron chi connectivity index (χ1n) is 40.8. The molecule has 0 amide bonds. The van der Waals surface area contributed by atoms with Crippen LogP contribution in [0.1, 0.15) is 408 Å². The zero-order chi connectivity index (χ0) is 72.3. The minimum Gasteiger partial charge on any atom is -0.462 e. The molecule has 582 valence electrons. The lowest BCUT2D eigenvalue weighted by molar-refractivity contribution is -0.161. The number of esters is 4. The molecule has 0 aromatic carbocycles. The second kappa shape index (κ2) is 69.4. The molecule has 0 rings (SSSR count). The van der Waals surface area contributed by atoms with Crippen molar-refractivity contribution < 1.29 is 80.2 Å². The predicted octanol–water partition coefficient (Wildman–Crippen LogP) is 23.4. The molecule has 17 nitrogen and oxygen atoms in total. The van der Waals surface area contributed by atoms with E-state index in [0.29, 0.717) is 25.7 Å². The van der Waals surface area contributed by atoms with Gasteiger partial charge in [0.05, 0.1) is 26.4 Å². The molecule has 0 aliphatic heterocycles. The molecule has 0 radical (unpaired) electrons. The Morgan fingerprint density at radius 1 is 0.276 bits per heavy atom. The number of phosphoric acid groups is 2. The lowest BCUT2D eigenvalue weighted by Crippen LogP contribution is -2.30. The van der Waals surface area contributed by atoms with Gasteiger partial charge in [-0.3, -0.25) is 37.3 Å². The molecule has 0 saturated heterocycles. The molecule has 5 atom stereocenters. The summed E-state index contributed by atoms with van der Waals surface area (Å²) in [6, 6.07) is 0. The van der Waals surface area contributed by atoms with Gasteiger partial charge in [0, 0.05) is 25.7 Å². The van der Waals surface area contributed by atoms with Gasteiger partial charge in [0.25, 0.3) is 0 Å². The van der Waals surface area contributed by atoms with Gasteiger partial charge in [0.15, 0.2) is 12.2 Å². The molecule has 0 bridgehead atoms. The molecule has 2 unspecified atom stereocenters. The van der Waals surface area contributed by atoms with E-state index in [2.05, 4.69) is 48.5 Å². The predicted molar refractivity (Wildman–Crippen MR) is 400 cm³/mol. The van der Waals surface area contributed by atoms with Gasteiger partial charge in [-0.1, -0.05) is 357 Å². The van der Waals surface area contributed by atoms with Crippen LogP contribution in [0.15, 0.2) is 0 Å². The van der Waals surface area contributed by atoms with E-state index in [9.17, 15) is 43.2 Å². The summed E-state index contributed by atoms with van der Waals surface area (Å²) in [6.45, 7) is 11.9. The van der Waals surface area contributed by atoms with Crippen LogP contribution >= 0.6 is 15.6 Å². The van der Waals surface area contributed by atoms with Crippen LogP contribution in [0.3, 0.4) is 0 Å². The van der Waals surface area contributed by atoms with Gasteiger partial charge >= 0.3 is 39.5 Å². The Hall–Kier alpha value is -1.94. The number of carbonyl (C=O) groups is 4. The highest BCUT2D eigenvalue weighted by Crippen LogP contribution is 2.45. The molecule has 0 aliphatic rings. The smallest absolute Gasteiger partial charge is 0.462 e. The van der Waals surface area contributed by atoms with Crippen LogP contribution in [0.2, 0.25) is 0 Å². The van der Waals surface area contributed by atoms with E-state index in [1.54, 1.807) is 0 Å². The fourth-order valence-electron chi connectivity index (χ4n) is 12.1. The topological polar surface area (TPSA) is 237 Å². The number of unbranched alkanes of at least 4 members (excludes halogenated alkanes) is 45. The van der Waals surface area contributed by atoms with Gasteiger partial charge in [-0.15, -0.1) is 0 Å². The van der Waals surface area contributed by atoms with Crippen LogP contribution in [0.25, 0.3) is 0 Å². The number of ether oxygens (including phenoxy) is 4. The summed E-state index contributed by atoms with van der Waals surface area (Å²) in [5.74, 6) is 0.280. The van der Waals surface area contributed by atoms with Gasteiger partial charge in [0.1, 0.15) is 19.3 Å². The van der Waals surface area contributed by atoms with Crippen molar-refractivity contribution in [3.63, 3.8) is 0 Å². The summed E-state index contributed by atoms with van der Waals surface area (Å²) in [4.78, 5) is 72.7. The molecule has 0 aromatic heterocycles. The first kappa shape index (κ1) is 96.1. The molecule has 3 N–H and O–H groups in total. The Balaban J connectivity index is 5.13. The molecule has 0 fully saturated rings. The SMILES string of the molecule is CCCCCCCC(=O)OC[C@H](COP(=O)(O)OC[C@H](O)COP(=O)(O)OC[C@@H](COC(=O)CCCCCCCCCCCCCCCCC(C)C)OC(=O)CCCCCCCCCCCCCCCCCCC(C)C)OC(=O)CCCCCCCCCCCCCCCCC(C)C. The Kier molecular flexibility index (Phi) is 68.1. The van der Waals surface area contributed by atoms with Crippen LogP contribution < -0.4 is 0 Å². The van der Waals surface area contributed by atoms with Gasteiger partial charge in [-0.2, -0.15) is 0 Å². The average Bonchev–Trinajstić information content (AvgIpc) is 1.03. The van der Waals surface area contributed by atoms with Crippen LogP contribution in [0.5, 0.6) is 0 Å². The van der Waals surface area contributed by atoms with E-state index in [0.717, 1.165) is 114 Å². The zero-order valence-corrected chi connectivity index (χ0v) is 66.0. The first-order valence-corrected chi connectivity index (χ1v) is 43.8. The molecule has 0 saturated carbocycles. The molecule has 0 spiro atoms. The molecule has 98 heavy (non-hydrogen) atoms. The third-order valence-corrected chi connectivity index (χ3v) is 20.3. The van der Waals surface area contributed by atoms with Crippen molar-refractivity contribution in [2.75, 3.05) is 39.6 Å². The monoisotopic (exact) mass is 1440 g/mol. The van der Waals surface area contributed by atoms with Crippen molar-refractivity contribution in [3.8, 4) is 0 Å². The van der Waals surface area contributed by atoms with E-state index in [-0.39, 0.29) is 25.7 Å². The van der Waals surface area contributed by atoms with E-state index < -0.39 is 97.5 Å². The summed E-state index contributed by atoms with van der Waals surface area (Å²) in [5.41, 5.74) is 0. The van der Waals surface area contributed by atoms with Crippen molar-refractivity contribution in [1.82, 2.24) is 0 Å². The maximum Gasteiger partial charge on any atom is 0.472 e. The maximum atomic E-state index is 13.1. The third kappa shape index (κ3) is 72.4. The molecular formula is C79H154O17P2. The Morgan fingerprint density at radius 2 is 0.469 bits per heavy atom. The quantitative estimate of drug-likeness (QED) is 0.0222. The van der Waals surface area contributed by atoms with Crippen LogP contribution in [-0.2, 0) is 65.4 Å². The molecular weight excluding hydrogens is 1280 g/mol. The summed E-state index contributed by atoms with van der Waals surface area (Å²) in [5, 5.41) is 10.6. The van der Waals surface area contributed by atoms with Gasteiger partial charge in [-0.05, 0) is 43.4 Å². The van der Waals surface area contributed by atoms with Crippen LogP contribution in [0, 0.1) is 17.8 Å². The van der Waals surface area contributed by atoms with Gasteiger partial charge in [0.2, 0.25) is 0 Å². The molecule has 0 aliphatic carbocycles. The number of hydrogen-bond acceptors (Lipinski definition) is 15. The minimum absolute atomic E-state index is 0.106. The Morgan fingerprint density at radius 3 is 0.694 bits per heavy atom. The lowest BCUT2D eigenvalue weighted by atomic mass is 10.0. The minimum atomic E-state index is -4.96. The summed E-state index contributed by atoms with van der Waals surface area (Å²) in [7, 11) is -9.91. The standard InChI is InChI=1S/C79H154O17P2/c1-8-9-10-43-53-60-76(81)89-66-74(95-78(83)62-55-49-42-36-30-24-18-16-21-27-33-39-46-52-59-72(6)7)68-93-97(85,86)91-64-73(80)65-92-98(87,88)94-69-75(67-90-77(82)61-54-47-40-34-28-22-17-15-20-26-32-38-45-51-58-71(4)5)96-79(84)63-56-48-41-35-29-23-14-12-11-13-19-25-31-37-44-50-57-70(2)3/h70-75,80H,8-69H2,1-7H3,(H,85,86)(H,87,88)/t73-,74+,75+/m0/s1. The van der Waals surface area contributed by atoms with E-state index >= 15 is 0 Å². The van der Waals surface area contributed by atoms with Crippen molar-refractivity contribution in [1.29, 1.82) is 0 Å². The Bertz CT molecular complexity index is 1900. The van der Waals surface area contributed by atoms with E-state index in [1.807, 2.05) is 0 Å². The number of carbonyl (C=O) groups excluding carboxylic acids is 4. The third-order valence-electron chi connectivity index (χ3n) is 18.4. The lowest BCUT2D eigenvalue weighted by Gasteiger charge is -2.21. The summed E-state index contributed by atoms with van der Waals surface area (Å²) < 4.78 is 68.4. The van der Waals surface area contributed by atoms with Crippen LogP contribution in [-0.4, -0.2) is 96.7 Å². The second-order valence-corrected chi connectivity index (χ2v) is 32.8. The normalized spacial score (nSPS) is 14.0. The highest BCUT2D eigenvalue weighted by molar-refractivity contribution is 7.47. The van der Waals surface area contributed by atoms with Gasteiger partial charge in [-0.25, -0.2) is 9.13 Å². The highest BCUT2D eigenvalue weighted by atomic mass is 31.2. The van der Waals surface area contributed by atoms with Crippen molar-refractivity contribution >= 4 is 39.5 Å². The van der Waals surface area contributed by atoms with E-state index in [1.165, 1.54) is 212 Å². The van der Waals surface area contributed by atoms with Crippen molar-refractivity contribution in [2.24, 2.45) is 17.8 Å². The number of phosphoric ester groups is 2. The fourth-order valence-corrected chi connectivity index (χ4v) is 13.7. The average molecular weight is 1440 g/mol. The molecule has 0 aromatic rings. The number of aliphatic hydroxyl groups is 1. The number of hydrogen-bond donors (Lipinski definition) is 3. The highest BCUT2D eigenvalue weighted by Gasteiger charge is 2.30. The maximum absolute atomic E-state index is 13.1. The second-order valence-electron chi connectivity index (χ2n) is 29.9. The fraction of sp³-hybridized carbons (Fsp3) is 0.949. The number of rotatable bonds is 77. The van der Waals surface area contributed by atoms with Crippen molar-refractivity contribution in [2.45, 2.75) is 426 Å². The zero-order valence-electron chi connectivity index (χ0n) is 64.3. The number of aliphatic hydroxyl groups excluding tert-OH is 1. The van der Waals surface area contributed by atoms with Crippen molar-refractivity contribution in [3.05, 3.63) is 0 Å². The Labute approximate surface area is 600 Å². The first-order chi connectivity index (χ1) is 47.2.